The molecular weight excluding hydrogens is 432 g/mol. The lowest BCUT2D eigenvalue weighted by Gasteiger charge is -2.35. The van der Waals surface area contributed by atoms with Crippen molar-refractivity contribution in [2.45, 2.75) is 31.1 Å². The maximum Gasteiger partial charge on any atom is 0.243 e. The van der Waals surface area contributed by atoms with Crippen molar-refractivity contribution in [1.29, 1.82) is 0 Å². The minimum Gasteiger partial charge on any atom is -0.497 e. The number of methoxy groups -OCH3 is 1. The van der Waals surface area contributed by atoms with Crippen LogP contribution < -0.4 is 9.64 Å². The highest BCUT2D eigenvalue weighted by Gasteiger charge is 2.31. The molecule has 0 bridgehead atoms. The third-order valence-electron chi connectivity index (χ3n) is 6.31. The Morgan fingerprint density at radius 1 is 1.10 bits per heavy atom. The monoisotopic (exact) mass is 458 g/mol. The van der Waals surface area contributed by atoms with Gasteiger partial charge in [-0.15, -0.1) is 11.3 Å². The molecule has 5 rings (SSSR count). The highest BCUT2D eigenvalue weighted by atomic mass is 32.2. The summed E-state index contributed by atoms with van der Waals surface area (Å²) in [5, 5.41) is 1.18. The summed E-state index contributed by atoms with van der Waals surface area (Å²) in [6.07, 6.45) is 5.02. The summed E-state index contributed by atoms with van der Waals surface area (Å²) >= 11 is 1.79. The standard InChI is InChI=1S/C22H26N4O3S2/c1-15-3-8-18-19(13-15)30-22-20(18)21(23-14-24-22)25-9-11-26(12-10-25)31(27,28)17-6-4-16(29-2)5-7-17/h4-7,14-15H,3,8-13H2,1-2H3. The van der Waals surface area contributed by atoms with E-state index in [0.717, 1.165) is 23.5 Å². The molecule has 1 unspecified atom stereocenters. The summed E-state index contributed by atoms with van der Waals surface area (Å²) in [6, 6.07) is 6.57. The first kappa shape index (κ1) is 20.7. The van der Waals surface area contributed by atoms with Crippen molar-refractivity contribution in [2.75, 3.05) is 38.2 Å². The molecule has 0 radical (unpaired) electrons. The van der Waals surface area contributed by atoms with Crippen LogP contribution in [-0.4, -0.2) is 56.0 Å². The van der Waals surface area contributed by atoms with E-state index < -0.39 is 10.0 Å². The van der Waals surface area contributed by atoms with Gasteiger partial charge in [-0.25, -0.2) is 18.4 Å². The van der Waals surface area contributed by atoms with Gasteiger partial charge < -0.3 is 9.64 Å². The van der Waals surface area contributed by atoms with Crippen LogP contribution >= 0.6 is 11.3 Å². The molecule has 2 aliphatic rings. The molecule has 164 valence electrons. The third-order valence-corrected chi connectivity index (χ3v) is 9.38. The van der Waals surface area contributed by atoms with E-state index in [1.54, 1.807) is 53.3 Å². The molecule has 3 aromatic rings. The van der Waals surface area contributed by atoms with Gasteiger partial charge in [0.25, 0.3) is 0 Å². The fourth-order valence-electron chi connectivity index (χ4n) is 4.54. The lowest BCUT2D eigenvalue weighted by Crippen LogP contribution is -2.49. The van der Waals surface area contributed by atoms with Gasteiger partial charge in [-0.3, -0.25) is 0 Å². The van der Waals surface area contributed by atoms with Gasteiger partial charge in [0.2, 0.25) is 10.0 Å². The number of rotatable bonds is 4. The number of aryl methyl sites for hydroxylation is 1. The van der Waals surface area contributed by atoms with Crippen molar-refractivity contribution in [2.24, 2.45) is 5.92 Å². The van der Waals surface area contributed by atoms with Crippen LogP contribution in [0.15, 0.2) is 35.5 Å². The molecule has 3 heterocycles. The van der Waals surface area contributed by atoms with Crippen LogP contribution in [0.25, 0.3) is 10.2 Å². The first-order chi connectivity index (χ1) is 15.0. The molecule has 2 aromatic heterocycles. The highest BCUT2D eigenvalue weighted by Crippen LogP contribution is 2.40. The largest absolute Gasteiger partial charge is 0.497 e. The molecule has 0 N–H and O–H groups in total. The first-order valence-electron chi connectivity index (χ1n) is 10.6. The Kier molecular flexibility index (Phi) is 5.35. The zero-order valence-corrected chi connectivity index (χ0v) is 19.4. The molecule has 1 aliphatic heterocycles. The topological polar surface area (TPSA) is 75.6 Å². The molecule has 1 saturated heterocycles. The molecule has 1 fully saturated rings. The van der Waals surface area contributed by atoms with Crippen LogP contribution in [0.5, 0.6) is 5.75 Å². The average molecular weight is 459 g/mol. The molecule has 0 amide bonds. The number of piperazine rings is 1. The molecule has 31 heavy (non-hydrogen) atoms. The second-order valence-electron chi connectivity index (χ2n) is 8.30. The first-order valence-corrected chi connectivity index (χ1v) is 12.9. The Morgan fingerprint density at radius 2 is 1.84 bits per heavy atom. The van der Waals surface area contributed by atoms with Gasteiger partial charge in [-0.05, 0) is 55.0 Å². The Bertz CT molecular complexity index is 1200. The third kappa shape index (κ3) is 3.68. The van der Waals surface area contributed by atoms with Crippen LogP contribution in [-0.2, 0) is 22.9 Å². The Labute approximate surface area is 186 Å². The number of ether oxygens (including phenoxy) is 1. The van der Waals surface area contributed by atoms with Crippen molar-refractivity contribution in [1.82, 2.24) is 14.3 Å². The van der Waals surface area contributed by atoms with E-state index in [4.69, 9.17) is 4.74 Å². The van der Waals surface area contributed by atoms with E-state index in [1.807, 2.05) is 0 Å². The molecular formula is C22H26N4O3S2. The number of aromatic nitrogens is 2. The lowest BCUT2D eigenvalue weighted by atomic mass is 9.89. The minimum atomic E-state index is -3.52. The van der Waals surface area contributed by atoms with Crippen LogP contribution in [0.3, 0.4) is 0 Å². The molecule has 1 aromatic carbocycles. The highest BCUT2D eigenvalue weighted by molar-refractivity contribution is 7.89. The van der Waals surface area contributed by atoms with Gasteiger partial charge in [-0.1, -0.05) is 6.92 Å². The van der Waals surface area contributed by atoms with Crippen molar-refractivity contribution >= 4 is 37.4 Å². The minimum absolute atomic E-state index is 0.298. The number of sulfonamides is 1. The predicted molar refractivity (Wildman–Crippen MR) is 123 cm³/mol. The summed E-state index contributed by atoms with van der Waals surface area (Å²) < 4.78 is 32.8. The van der Waals surface area contributed by atoms with E-state index in [1.165, 1.54) is 22.2 Å². The van der Waals surface area contributed by atoms with Crippen molar-refractivity contribution < 1.29 is 13.2 Å². The average Bonchev–Trinajstić information content (AvgIpc) is 3.16. The van der Waals surface area contributed by atoms with Crippen LogP contribution in [0, 0.1) is 5.92 Å². The van der Waals surface area contributed by atoms with Gasteiger partial charge >= 0.3 is 0 Å². The number of hydrogen-bond acceptors (Lipinski definition) is 7. The molecule has 0 saturated carbocycles. The second kappa shape index (κ2) is 8.03. The second-order valence-corrected chi connectivity index (χ2v) is 11.3. The lowest BCUT2D eigenvalue weighted by molar-refractivity contribution is 0.384. The van der Waals surface area contributed by atoms with Crippen molar-refractivity contribution in [3.63, 3.8) is 0 Å². The van der Waals surface area contributed by atoms with Crippen molar-refractivity contribution in [3.8, 4) is 5.75 Å². The quantitative estimate of drug-likeness (QED) is 0.597. The fraction of sp³-hybridized carbons (Fsp3) is 0.455. The smallest absolute Gasteiger partial charge is 0.243 e. The maximum absolute atomic E-state index is 13.1. The fourth-order valence-corrected chi connectivity index (χ4v) is 7.30. The molecule has 1 aliphatic carbocycles. The maximum atomic E-state index is 13.1. The number of fused-ring (bicyclic) bond motifs is 3. The molecule has 7 nitrogen and oxygen atoms in total. The van der Waals surface area contributed by atoms with E-state index in [0.29, 0.717) is 42.7 Å². The van der Waals surface area contributed by atoms with Gasteiger partial charge in [0, 0.05) is 31.1 Å². The van der Waals surface area contributed by atoms with E-state index in [2.05, 4.69) is 21.8 Å². The van der Waals surface area contributed by atoms with Crippen LogP contribution in [0.1, 0.15) is 23.8 Å². The van der Waals surface area contributed by atoms with Crippen LogP contribution in [0.2, 0.25) is 0 Å². The summed E-state index contributed by atoms with van der Waals surface area (Å²) in [5.41, 5.74) is 1.40. The number of nitrogens with zero attached hydrogens (tertiary/aromatic N) is 4. The summed E-state index contributed by atoms with van der Waals surface area (Å²) in [5.74, 6) is 2.31. The van der Waals surface area contributed by atoms with Gasteiger partial charge in [0.15, 0.2) is 0 Å². The van der Waals surface area contributed by atoms with E-state index in [9.17, 15) is 8.42 Å². The van der Waals surface area contributed by atoms with Crippen molar-refractivity contribution in [3.05, 3.63) is 41.0 Å². The number of hydrogen-bond donors (Lipinski definition) is 0. The van der Waals surface area contributed by atoms with Gasteiger partial charge in [-0.2, -0.15) is 4.31 Å². The molecule has 0 spiro atoms. The number of anilines is 1. The molecule has 9 heteroatoms. The van der Waals surface area contributed by atoms with E-state index >= 15 is 0 Å². The Hall–Kier alpha value is -2.23. The Balaban J connectivity index is 1.38. The van der Waals surface area contributed by atoms with Gasteiger partial charge in [0.05, 0.1) is 17.4 Å². The summed E-state index contributed by atoms with van der Waals surface area (Å²) in [6.45, 7) is 4.40. The SMILES string of the molecule is COc1ccc(S(=O)(=O)N2CCN(c3ncnc4sc5c(c34)CCC(C)C5)CC2)cc1. The van der Waals surface area contributed by atoms with Gasteiger partial charge in [0.1, 0.15) is 22.7 Å². The zero-order valence-electron chi connectivity index (χ0n) is 17.7. The summed E-state index contributed by atoms with van der Waals surface area (Å²) in [7, 11) is -1.96. The normalized spacial score (nSPS) is 20.1. The predicted octanol–water partition coefficient (Wildman–Crippen LogP) is 3.34. The van der Waals surface area contributed by atoms with Crippen LogP contribution in [0.4, 0.5) is 5.82 Å². The molecule has 1 atom stereocenters. The van der Waals surface area contributed by atoms with E-state index in [-0.39, 0.29) is 0 Å². The summed E-state index contributed by atoms with van der Waals surface area (Å²) in [4.78, 5) is 14.2. The Morgan fingerprint density at radius 3 is 2.55 bits per heavy atom. The number of benzene rings is 1. The number of thiophene rings is 1. The zero-order chi connectivity index (χ0) is 21.6.